The summed E-state index contributed by atoms with van der Waals surface area (Å²) in [6.07, 6.45) is 1.57. The Kier molecular flexibility index (Phi) is 5.72. The lowest BCUT2D eigenvalue weighted by molar-refractivity contribution is -0.146. The molecule has 0 aromatic carbocycles. The molecule has 0 fully saturated rings. The number of hydrogen-bond donors (Lipinski definition) is 1. The number of esters is 1. The van der Waals surface area contributed by atoms with Crippen LogP contribution in [-0.4, -0.2) is 43.7 Å². The van der Waals surface area contributed by atoms with E-state index in [1.165, 1.54) is 7.11 Å². The van der Waals surface area contributed by atoms with E-state index in [4.69, 9.17) is 5.73 Å². The van der Waals surface area contributed by atoms with Crippen molar-refractivity contribution in [3.63, 3.8) is 0 Å². The lowest BCUT2D eigenvalue weighted by Crippen LogP contribution is -2.46. The Morgan fingerprint density at radius 1 is 1.57 bits per heavy atom. The van der Waals surface area contributed by atoms with Gasteiger partial charge in [-0.15, -0.1) is 0 Å². The highest BCUT2D eigenvalue weighted by Gasteiger charge is 2.28. The van der Waals surface area contributed by atoms with Gasteiger partial charge < -0.3 is 15.4 Å². The summed E-state index contributed by atoms with van der Waals surface area (Å²) in [4.78, 5) is 13.4. The molecule has 14 heavy (non-hydrogen) atoms. The van der Waals surface area contributed by atoms with Crippen LogP contribution >= 0.6 is 0 Å². The zero-order valence-corrected chi connectivity index (χ0v) is 9.67. The van der Waals surface area contributed by atoms with Gasteiger partial charge in [0.1, 0.15) is 5.54 Å². The molecule has 0 bridgehead atoms. The quantitative estimate of drug-likeness (QED) is 0.641. The van der Waals surface area contributed by atoms with Gasteiger partial charge in [0.25, 0.3) is 0 Å². The third-order valence-corrected chi connectivity index (χ3v) is 2.43. The van der Waals surface area contributed by atoms with Crippen molar-refractivity contribution in [2.24, 2.45) is 5.73 Å². The molecule has 0 aliphatic carbocycles. The number of rotatable bonds is 6. The van der Waals surface area contributed by atoms with E-state index in [0.29, 0.717) is 6.42 Å². The number of nitrogens with zero attached hydrogens (tertiary/aromatic N) is 1. The average Bonchev–Trinajstić information content (AvgIpc) is 2.15. The van der Waals surface area contributed by atoms with Crippen molar-refractivity contribution in [3.05, 3.63) is 0 Å². The Labute approximate surface area is 86.4 Å². The second-order valence-electron chi connectivity index (χ2n) is 3.91. The molecular weight excluding hydrogens is 180 g/mol. The Balaban J connectivity index is 3.82. The number of carbonyl (C=O) groups excluding carboxylic acids is 1. The van der Waals surface area contributed by atoms with Crippen LogP contribution in [0.15, 0.2) is 0 Å². The second kappa shape index (κ2) is 5.98. The Bertz CT molecular complexity index is 181. The normalized spacial score (nSPS) is 15.3. The first-order chi connectivity index (χ1) is 6.44. The van der Waals surface area contributed by atoms with Crippen molar-refractivity contribution in [2.75, 3.05) is 27.2 Å². The summed E-state index contributed by atoms with van der Waals surface area (Å²) in [7, 11) is 3.41. The first kappa shape index (κ1) is 13.4. The van der Waals surface area contributed by atoms with Crippen molar-refractivity contribution in [3.8, 4) is 0 Å². The van der Waals surface area contributed by atoms with Gasteiger partial charge >= 0.3 is 5.97 Å². The fraction of sp³-hybridized carbons (Fsp3) is 0.900. The minimum absolute atomic E-state index is 0.336. The lowest BCUT2D eigenvalue weighted by Gasteiger charge is -2.22. The van der Waals surface area contributed by atoms with E-state index in [9.17, 15) is 4.79 Å². The summed E-state index contributed by atoms with van der Waals surface area (Å²) in [6, 6.07) is 0. The topological polar surface area (TPSA) is 55.6 Å². The third-order valence-electron chi connectivity index (χ3n) is 2.43. The van der Waals surface area contributed by atoms with Gasteiger partial charge in [-0.3, -0.25) is 4.79 Å². The molecule has 0 heterocycles. The molecule has 1 atom stereocenters. The monoisotopic (exact) mass is 202 g/mol. The highest BCUT2D eigenvalue weighted by atomic mass is 16.5. The van der Waals surface area contributed by atoms with Crippen LogP contribution in [-0.2, 0) is 9.53 Å². The molecule has 0 aliphatic heterocycles. The average molecular weight is 202 g/mol. The zero-order chi connectivity index (χ0) is 11.2. The highest BCUT2D eigenvalue weighted by Crippen LogP contribution is 2.10. The Morgan fingerprint density at radius 3 is 2.57 bits per heavy atom. The maximum absolute atomic E-state index is 11.2. The molecule has 0 amide bonds. The van der Waals surface area contributed by atoms with Crippen LogP contribution in [0.5, 0.6) is 0 Å². The molecule has 0 aromatic rings. The van der Waals surface area contributed by atoms with Crippen LogP contribution in [0, 0.1) is 0 Å². The SMILES string of the molecule is CCN(C)CCCC(C)(N)C(=O)OC. The molecule has 4 heteroatoms. The maximum Gasteiger partial charge on any atom is 0.325 e. The van der Waals surface area contributed by atoms with Gasteiger partial charge in [0.05, 0.1) is 7.11 Å². The van der Waals surface area contributed by atoms with Gasteiger partial charge in [0.2, 0.25) is 0 Å². The number of hydrogen-bond acceptors (Lipinski definition) is 4. The molecule has 0 aliphatic rings. The number of nitrogens with two attached hydrogens (primary N) is 1. The van der Waals surface area contributed by atoms with Crippen molar-refractivity contribution < 1.29 is 9.53 Å². The van der Waals surface area contributed by atoms with Crippen molar-refractivity contribution in [2.45, 2.75) is 32.2 Å². The molecule has 2 N–H and O–H groups in total. The fourth-order valence-corrected chi connectivity index (χ4v) is 1.21. The number of carbonyl (C=O) groups is 1. The molecular formula is C10H22N2O2. The smallest absolute Gasteiger partial charge is 0.325 e. The molecule has 0 spiro atoms. The van der Waals surface area contributed by atoms with Crippen LogP contribution in [0.25, 0.3) is 0 Å². The lowest BCUT2D eigenvalue weighted by atomic mass is 9.97. The van der Waals surface area contributed by atoms with Crippen LogP contribution in [0.4, 0.5) is 0 Å². The van der Waals surface area contributed by atoms with Gasteiger partial charge in [0, 0.05) is 0 Å². The van der Waals surface area contributed by atoms with Crippen LogP contribution in [0.2, 0.25) is 0 Å². The Morgan fingerprint density at radius 2 is 2.14 bits per heavy atom. The predicted octanol–water partition coefficient (Wildman–Crippen LogP) is 0.609. The van der Waals surface area contributed by atoms with E-state index < -0.39 is 5.54 Å². The molecule has 0 radical (unpaired) electrons. The van der Waals surface area contributed by atoms with Gasteiger partial charge in [-0.1, -0.05) is 6.92 Å². The minimum Gasteiger partial charge on any atom is -0.468 e. The van der Waals surface area contributed by atoms with Gasteiger partial charge in [-0.25, -0.2) is 0 Å². The van der Waals surface area contributed by atoms with Gasteiger partial charge in [-0.2, -0.15) is 0 Å². The fourth-order valence-electron chi connectivity index (χ4n) is 1.21. The van der Waals surface area contributed by atoms with Crippen molar-refractivity contribution >= 4 is 5.97 Å². The number of ether oxygens (including phenoxy) is 1. The van der Waals surface area contributed by atoms with Crippen LogP contribution in [0.1, 0.15) is 26.7 Å². The minimum atomic E-state index is -0.844. The van der Waals surface area contributed by atoms with E-state index in [1.54, 1.807) is 6.92 Å². The summed E-state index contributed by atoms with van der Waals surface area (Å²) < 4.78 is 4.62. The van der Waals surface area contributed by atoms with Gasteiger partial charge in [0.15, 0.2) is 0 Å². The third kappa shape index (κ3) is 4.58. The molecule has 84 valence electrons. The first-order valence-corrected chi connectivity index (χ1v) is 5.00. The molecule has 0 saturated heterocycles. The van der Waals surface area contributed by atoms with Crippen molar-refractivity contribution in [1.29, 1.82) is 0 Å². The van der Waals surface area contributed by atoms with Gasteiger partial charge in [-0.05, 0) is 39.9 Å². The first-order valence-electron chi connectivity index (χ1n) is 5.00. The largest absolute Gasteiger partial charge is 0.468 e. The van der Waals surface area contributed by atoms with Crippen molar-refractivity contribution in [1.82, 2.24) is 4.90 Å². The molecule has 0 aromatic heterocycles. The summed E-state index contributed by atoms with van der Waals surface area (Å²) in [5, 5.41) is 0. The maximum atomic E-state index is 11.2. The zero-order valence-electron chi connectivity index (χ0n) is 9.67. The standard InChI is InChI=1S/C10H22N2O2/c1-5-12(3)8-6-7-10(2,11)9(13)14-4/h5-8,11H2,1-4H3. The number of methoxy groups -OCH3 is 1. The van der Waals surface area contributed by atoms with E-state index >= 15 is 0 Å². The van der Waals surface area contributed by atoms with E-state index in [2.05, 4.69) is 16.6 Å². The summed E-state index contributed by atoms with van der Waals surface area (Å²) in [5.74, 6) is -0.336. The summed E-state index contributed by atoms with van der Waals surface area (Å²) >= 11 is 0. The predicted molar refractivity (Wildman–Crippen MR) is 57.0 cm³/mol. The molecule has 4 nitrogen and oxygen atoms in total. The summed E-state index contributed by atoms with van der Waals surface area (Å²) in [5.41, 5.74) is 4.96. The molecule has 0 rings (SSSR count). The summed E-state index contributed by atoms with van der Waals surface area (Å²) in [6.45, 7) is 5.78. The van der Waals surface area contributed by atoms with Crippen LogP contribution < -0.4 is 5.73 Å². The van der Waals surface area contributed by atoms with E-state index in [-0.39, 0.29) is 5.97 Å². The molecule has 0 saturated carbocycles. The van der Waals surface area contributed by atoms with E-state index in [1.807, 2.05) is 7.05 Å². The highest BCUT2D eigenvalue weighted by molar-refractivity contribution is 5.79. The molecule has 1 unspecified atom stereocenters. The van der Waals surface area contributed by atoms with E-state index in [0.717, 1.165) is 19.5 Å². The Hall–Kier alpha value is -0.610. The van der Waals surface area contributed by atoms with Crippen LogP contribution in [0.3, 0.4) is 0 Å². The second-order valence-corrected chi connectivity index (χ2v) is 3.91.